The van der Waals surface area contributed by atoms with E-state index in [1.54, 1.807) is 13.2 Å². The van der Waals surface area contributed by atoms with Crippen molar-refractivity contribution in [2.24, 2.45) is 0 Å². The monoisotopic (exact) mass is 264 g/mol. The molecule has 4 nitrogen and oxygen atoms in total. The number of aryl methyl sites for hydroxylation is 1. The van der Waals surface area contributed by atoms with Gasteiger partial charge in [-0.1, -0.05) is 11.6 Å². The molecule has 0 aliphatic heterocycles. The van der Waals surface area contributed by atoms with E-state index in [0.29, 0.717) is 0 Å². The number of hydrogen-bond acceptors (Lipinski definition) is 4. The van der Waals surface area contributed by atoms with Crippen molar-refractivity contribution in [2.45, 2.75) is 19.3 Å². The topological polar surface area (TPSA) is 60.7 Å². The highest BCUT2D eigenvalue weighted by Gasteiger charge is 2.00. The van der Waals surface area contributed by atoms with Crippen LogP contribution in [-0.2, 0) is 6.42 Å². The molecule has 0 bridgehead atoms. The number of halogens is 1. The van der Waals surface area contributed by atoms with Crippen molar-refractivity contribution in [1.29, 1.82) is 5.26 Å². The molecule has 96 valence electrons. The van der Waals surface area contributed by atoms with Crippen molar-refractivity contribution in [1.82, 2.24) is 15.6 Å². The molecule has 5 heteroatoms. The lowest BCUT2D eigenvalue weighted by Gasteiger charge is -2.08. The van der Waals surface area contributed by atoms with E-state index in [9.17, 15) is 0 Å². The van der Waals surface area contributed by atoms with Gasteiger partial charge in [0.05, 0.1) is 22.9 Å². The lowest BCUT2D eigenvalue weighted by Crippen LogP contribution is -2.24. The average Bonchev–Trinajstić information content (AvgIpc) is 2.39. The van der Waals surface area contributed by atoms with Gasteiger partial charge >= 0.3 is 0 Å². The highest BCUT2D eigenvalue weighted by molar-refractivity contribution is 6.31. The Morgan fingerprint density at radius 1 is 1.56 bits per heavy atom. The van der Waals surface area contributed by atoms with Gasteiger partial charge in [-0.05, 0) is 31.4 Å². The molecule has 0 saturated heterocycles. The fraction of sp³-hybridized carbons (Fsp3) is 0.385. The van der Waals surface area contributed by atoms with Gasteiger partial charge in [-0.2, -0.15) is 5.26 Å². The molecule has 0 fully saturated rings. The third-order valence-corrected chi connectivity index (χ3v) is 2.81. The van der Waals surface area contributed by atoms with Crippen molar-refractivity contribution in [2.75, 3.05) is 13.6 Å². The van der Waals surface area contributed by atoms with Crippen LogP contribution < -0.4 is 10.6 Å². The van der Waals surface area contributed by atoms with Crippen LogP contribution in [0.3, 0.4) is 0 Å². The molecular weight excluding hydrogens is 248 g/mol. The van der Waals surface area contributed by atoms with Gasteiger partial charge in [0.15, 0.2) is 0 Å². The molecule has 0 amide bonds. The van der Waals surface area contributed by atoms with E-state index < -0.39 is 0 Å². The summed E-state index contributed by atoms with van der Waals surface area (Å²) in [5.41, 5.74) is 0.945. The smallest absolute Gasteiger partial charge is 0.109 e. The van der Waals surface area contributed by atoms with Crippen molar-refractivity contribution < 1.29 is 0 Å². The molecule has 0 spiro atoms. The SMILES string of the molecule is CN/C(=C/C#N)NCCCCc1ncccc1Cl. The number of unbranched alkanes of at least 4 members (excludes halogenated alkanes) is 1. The van der Waals surface area contributed by atoms with E-state index in [-0.39, 0.29) is 0 Å². The van der Waals surface area contributed by atoms with Gasteiger partial charge in [-0.15, -0.1) is 0 Å². The number of hydrogen-bond donors (Lipinski definition) is 2. The van der Waals surface area contributed by atoms with Crippen LogP contribution in [0.2, 0.25) is 5.02 Å². The maximum absolute atomic E-state index is 8.52. The average molecular weight is 265 g/mol. The Morgan fingerprint density at radius 2 is 2.39 bits per heavy atom. The molecule has 0 unspecified atom stereocenters. The van der Waals surface area contributed by atoms with Crippen LogP contribution in [0.15, 0.2) is 30.2 Å². The van der Waals surface area contributed by atoms with E-state index in [0.717, 1.165) is 42.3 Å². The second-order valence-corrected chi connectivity index (χ2v) is 4.16. The van der Waals surface area contributed by atoms with Crippen LogP contribution in [0.25, 0.3) is 0 Å². The summed E-state index contributed by atoms with van der Waals surface area (Å²) in [6.07, 6.45) is 6.09. The van der Waals surface area contributed by atoms with Gasteiger partial charge in [0, 0.05) is 19.8 Å². The summed E-state index contributed by atoms with van der Waals surface area (Å²) < 4.78 is 0. The summed E-state index contributed by atoms with van der Waals surface area (Å²) in [5.74, 6) is 0.744. The molecule has 1 rings (SSSR count). The van der Waals surface area contributed by atoms with Crippen molar-refractivity contribution in [3.05, 3.63) is 40.9 Å². The van der Waals surface area contributed by atoms with E-state index in [4.69, 9.17) is 16.9 Å². The van der Waals surface area contributed by atoms with Crippen molar-refractivity contribution in [3.63, 3.8) is 0 Å². The van der Waals surface area contributed by atoms with Crippen molar-refractivity contribution in [3.8, 4) is 6.07 Å². The molecule has 0 atom stereocenters. The van der Waals surface area contributed by atoms with Crippen LogP contribution in [0.5, 0.6) is 0 Å². The largest absolute Gasteiger partial charge is 0.374 e. The predicted molar refractivity (Wildman–Crippen MR) is 72.9 cm³/mol. The molecule has 18 heavy (non-hydrogen) atoms. The Balaban J connectivity index is 2.22. The predicted octanol–water partition coefficient (Wildman–Crippen LogP) is 2.23. The lowest BCUT2D eigenvalue weighted by molar-refractivity contribution is 0.649. The van der Waals surface area contributed by atoms with E-state index in [2.05, 4.69) is 15.6 Å². The highest BCUT2D eigenvalue weighted by atomic mass is 35.5. The van der Waals surface area contributed by atoms with Crippen molar-refractivity contribution >= 4 is 11.6 Å². The molecular formula is C13H17ClN4. The van der Waals surface area contributed by atoms with Crippen LogP contribution in [0.1, 0.15) is 18.5 Å². The zero-order valence-corrected chi connectivity index (χ0v) is 11.2. The minimum absolute atomic E-state index is 0.728. The summed E-state index contributed by atoms with van der Waals surface area (Å²) in [5, 5.41) is 15.3. The number of rotatable bonds is 7. The van der Waals surface area contributed by atoms with Gasteiger partial charge in [0.1, 0.15) is 5.82 Å². The molecule has 1 heterocycles. The quantitative estimate of drug-likeness (QED) is 0.586. The van der Waals surface area contributed by atoms with Gasteiger partial charge in [-0.3, -0.25) is 4.98 Å². The fourth-order valence-corrected chi connectivity index (χ4v) is 1.74. The Morgan fingerprint density at radius 3 is 3.06 bits per heavy atom. The first kappa shape index (κ1) is 14.3. The molecule has 0 aliphatic rings. The number of allylic oxidation sites excluding steroid dienone is 1. The molecule has 1 aromatic heterocycles. The second kappa shape index (κ2) is 8.37. The van der Waals surface area contributed by atoms with E-state index in [1.807, 2.05) is 18.2 Å². The van der Waals surface area contributed by atoms with Gasteiger partial charge < -0.3 is 10.6 Å². The van der Waals surface area contributed by atoms with Gasteiger partial charge in [-0.25, -0.2) is 0 Å². The zero-order chi connectivity index (χ0) is 13.2. The zero-order valence-electron chi connectivity index (χ0n) is 10.4. The highest BCUT2D eigenvalue weighted by Crippen LogP contribution is 2.14. The van der Waals surface area contributed by atoms with Crippen LogP contribution in [-0.4, -0.2) is 18.6 Å². The molecule has 2 N–H and O–H groups in total. The molecule has 0 aromatic carbocycles. The summed E-state index contributed by atoms with van der Waals surface area (Å²) in [7, 11) is 1.78. The lowest BCUT2D eigenvalue weighted by atomic mass is 10.2. The van der Waals surface area contributed by atoms with Crippen LogP contribution in [0, 0.1) is 11.3 Å². The number of aromatic nitrogens is 1. The maximum Gasteiger partial charge on any atom is 0.109 e. The Labute approximate surface area is 113 Å². The second-order valence-electron chi connectivity index (χ2n) is 3.75. The Kier molecular flexibility index (Phi) is 6.67. The standard InChI is InChI=1S/C13H17ClN4/c1-16-13(7-8-15)18-9-3-2-6-12-11(14)5-4-10-17-12/h4-5,7,10,16,18H,2-3,6,9H2,1H3/b13-7-. The number of pyridine rings is 1. The first-order valence-electron chi connectivity index (χ1n) is 5.88. The molecule has 1 aromatic rings. The Hall–Kier alpha value is -1.73. The van der Waals surface area contributed by atoms with Crippen LogP contribution in [0.4, 0.5) is 0 Å². The summed E-state index contributed by atoms with van der Waals surface area (Å²) >= 11 is 6.02. The van der Waals surface area contributed by atoms with E-state index >= 15 is 0 Å². The Bertz CT molecular complexity index is 437. The first-order valence-corrected chi connectivity index (χ1v) is 6.26. The normalized spacial score (nSPS) is 10.8. The maximum atomic E-state index is 8.52. The third-order valence-electron chi connectivity index (χ3n) is 2.47. The number of nitrogens with zero attached hydrogens (tertiary/aromatic N) is 2. The van der Waals surface area contributed by atoms with Crippen LogP contribution >= 0.6 is 11.6 Å². The van der Waals surface area contributed by atoms with Gasteiger partial charge in [0.2, 0.25) is 0 Å². The summed E-state index contributed by atoms with van der Waals surface area (Å²) in [6.45, 7) is 0.818. The first-order chi connectivity index (χ1) is 8.77. The summed E-state index contributed by atoms with van der Waals surface area (Å²) in [4.78, 5) is 4.24. The molecule has 0 saturated carbocycles. The minimum Gasteiger partial charge on any atom is -0.374 e. The third kappa shape index (κ3) is 5.07. The minimum atomic E-state index is 0.728. The number of nitriles is 1. The summed E-state index contributed by atoms with van der Waals surface area (Å²) in [6, 6.07) is 5.67. The van der Waals surface area contributed by atoms with E-state index in [1.165, 1.54) is 6.08 Å². The fourth-order valence-electron chi connectivity index (χ4n) is 1.52. The van der Waals surface area contributed by atoms with Gasteiger partial charge in [0.25, 0.3) is 0 Å². The number of nitrogens with one attached hydrogen (secondary N) is 2. The molecule has 0 radical (unpaired) electrons. The molecule has 0 aliphatic carbocycles.